The van der Waals surface area contributed by atoms with E-state index in [1.165, 1.54) is 0 Å². The van der Waals surface area contributed by atoms with Crippen LogP contribution < -0.4 is 9.47 Å². The molecule has 0 fully saturated rings. The quantitative estimate of drug-likeness (QED) is 0.622. The maximum atomic E-state index is 11.5. The molecule has 5 heteroatoms. The molecule has 0 spiro atoms. The Labute approximate surface area is 107 Å². The zero-order chi connectivity index (χ0) is 11.5. The van der Waals surface area contributed by atoms with Crippen LogP contribution in [0, 0.1) is 0 Å². The fraction of sp³-hybridized carbons (Fsp3) is 0.364. The number of Topliss-reactive ketones (excluding diaryl/α,β-unsaturated/α-hetero) is 1. The van der Waals surface area contributed by atoms with E-state index in [1.807, 2.05) is 0 Å². The number of hydrogen-bond donors (Lipinski definition) is 0. The number of alkyl halides is 1. The van der Waals surface area contributed by atoms with Crippen LogP contribution in [0.3, 0.4) is 0 Å². The summed E-state index contributed by atoms with van der Waals surface area (Å²) in [5, 5.41) is 0. The predicted octanol–water partition coefficient (Wildman–Crippen LogP) is 3.03. The molecule has 1 aromatic rings. The number of carbonyl (C=O) groups is 1. The van der Waals surface area contributed by atoms with E-state index in [4.69, 9.17) is 21.1 Å². The van der Waals surface area contributed by atoms with Crippen LogP contribution in [0.4, 0.5) is 0 Å². The van der Waals surface area contributed by atoms with Crippen molar-refractivity contribution in [2.24, 2.45) is 0 Å². The first kappa shape index (κ1) is 11.7. The molecule has 1 aromatic carbocycles. The molecule has 0 saturated heterocycles. The molecule has 0 atom stereocenters. The molecular weight excluding hydrogens is 295 g/mol. The molecule has 0 radical (unpaired) electrons. The first-order valence-corrected chi connectivity index (χ1v) is 6.23. The van der Waals surface area contributed by atoms with E-state index < -0.39 is 0 Å². The molecule has 0 bridgehead atoms. The molecule has 2 rings (SSSR count). The Balaban J connectivity index is 2.42. The Kier molecular flexibility index (Phi) is 3.71. The molecule has 1 heterocycles. The zero-order valence-corrected chi connectivity index (χ0v) is 10.8. The van der Waals surface area contributed by atoms with Crippen LogP contribution in [0.15, 0.2) is 16.6 Å². The minimum atomic E-state index is -0.135. The highest BCUT2D eigenvalue weighted by molar-refractivity contribution is 9.10. The standard InChI is InChI=1S/C11H10BrClO3/c12-8-5-11-10(15-2-1-3-16-11)4-7(8)9(14)6-13/h4-5H,1-3,6H2. The van der Waals surface area contributed by atoms with Crippen molar-refractivity contribution >= 4 is 33.3 Å². The summed E-state index contributed by atoms with van der Waals surface area (Å²) in [6.07, 6.45) is 0.838. The lowest BCUT2D eigenvalue weighted by Crippen LogP contribution is -2.03. The van der Waals surface area contributed by atoms with Crippen LogP contribution >= 0.6 is 27.5 Å². The molecule has 86 valence electrons. The van der Waals surface area contributed by atoms with Gasteiger partial charge in [-0.15, -0.1) is 11.6 Å². The number of fused-ring (bicyclic) bond motifs is 1. The summed E-state index contributed by atoms with van der Waals surface area (Å²) in [5.74, 6) is 1.09. The second-order valence-electron chi connectivity index (χ2n) is 3.39. The van der Waals surface area contributed by atoms with E-state index in [0.29, 0.717) is 34.7 Å². The van der Waals surface area contributed by atoms with Gasteiger partial charge in [-0.25, -0.2) is 0 Å². The Morgan fingerprint density at radius 1 is 1.31 bits per heavy atom. The van der Waals surface area contributed by atoms with Crippen LogP contribution in [0.25, 0.3) is 0 Å². The third kappa shape index (κ3) is 2.33. The summed E-state index contributed by atoms with van der Waals surface area (Å²) < 4.78 is 11.7. The molecule has 0 saturated carbocycles. The summed E-state index contributed by atoms with van der Waals surface area (Å²) in [5.41, 5.74) is 0.527. The summed E-state index contributed by atoms with van der Waals surface area (Å²) in [6.45, 7) is 1.23. The molecule has 16 heavy (non-hydrogen) atoms. The summed E-state index contributed by atoms with van der Waals surface area (Å²) in [7, 11) is 0. The van der Waals surface area contributed by atoms with Crippen molar-refractivity contribution in [2.45, 2.75) is 6.42 Å². The van der Waals surface area contributed by atoms with Gasteiger partial charge >= 0.3 is 0 Å². The maximum Gasteiger partial charge on any atom is 0.178 e. The highest BCUT2D eigenvalue weighted by Gasteiger charge is 2.17. The predicted molar refractivity (Wildman–Crippen MR) is 64.8 cm³/mol. The lowest BCUT2D eigenvalue weighted by Gasteiger charge is -2.10. The van der Waals surface area contributed by atoms with Crippen molar-refractivity contribution in [3.63, 3.8) is 0 Å². The molecule has 0 unspecified atom stereocenters. The Morgan fingerprint density at radius 2 is 1.94 bits per heavy atom. The molecular formula is C11H10BrClO3. The van der Waals surface area contributed by atoms with Gasteiger partial charge in [-0.3, -0.25) is 4.79 Å². The molecule has 3 nitrogen and oxygen atoms in total. The van der Waals surface area contributed by atoms with Crippen molar-refractivity contribution < 1.29 is 14.3 Å². The van der Waals surface area contributed by atoms with Crippen LogP contribution in [0.2, 0.25) is 0 Å². The fourth-order valence-electron chi connectivity index (χ4n) is 1.47. The number of rotatable bonds is 2. The van der Waals surface area contributed by atoms with Gasteiger partial charge in [0, 0.05) is 16.5 Å². The average molecular weight is 306 g/mol. The summed E-state index contributed by atoms with van der Waals surface area (Å²) in [4.78, 5) is 11.5. The van der Waals surface area contributed by atoms with Crippen LogP contribution in [-0.4, -0.2) is 24.9 Å². The van der Waals surface area contributed by atoms with Gasteiger partial charge in [0.25, 0.3) is 0 Å². The number of benzene rings is 1. The molecule has 0 N–H and O–H groups in total. The molecule has 0 aromatic heterocycles. The third-order valence-electron chi connectivity index (χ3n) is 2.26. The fourth-order valence-corrected chi connectivity index (χ4v) is 2.16. The van der Waals surface area contributed by atoms with E-state index in [2.05, 4.69) is 15.9 Å². The second kappa shape index (κ2) is 5.06. The lowest BCUT2D eigenvalue weighted by atomic mass is 10.1. The van der Waals surface area contributed by atoms with Gasteiger partial charge in [-0.05, 0) is 28.1 Å². The number of carbonyl (C=O) groups excluding carboxylic acids is 1. The smallest absolute Gasteiger partial charge is 0.178 e. The topological polar surface area (TPSA) is 35.5 Å². The van der Waals surface area contributed by atoms with E-state index in [0.717, 1.165) is 6.42 Å². The Bertz CT molecular complexity index is 420. The third-order valence-corrected chi connectivity index (χ3v) is 3.16. The van der Waals surface area contributed by atoms with Crippen molar-refractivity contribution in [1.82, 2.24) is 0 Å². The van der Waals surface area contributed by atoms with Crippen molar-refractivity contribution in [2.75, 3.05) is 19.1 Å². The monoisotopic (exact) mass is 304 g/mol. The molecule has 0 amide bonds. The van der Waals surface area contributed by atoms with E-state index in [9.17, 15) is 4.79 Å². The largest absolute Gasteiger partial charge is 0.490 e. The molecule has 0 aliphatic carbocycles. The number of ether oxygens (including phenoxy) is 2. The number of ketones is 1. The first-order chi connectivity index (χ1) is 7.72. The van der Waals surface area contributed by atoms with Crippen LogP contribution in [0.1, 0.15) is 16.8 Å². The normalized spacial score (nSPS) is 14.4. The van der Waals surface area contributed by atoms with Gasteiger partial charge in [0.05, 0.1) is 19.1 Å². The number of halogens is 2. The van der Waals surface area contributed by atoms with Crippen molar-refractivity contribution in [3.8, 4) is 11.5 Å². The van der Waals surface area contributed by atoms with E-state index in [-0.39, 0.29) is 11.7 Å². The van der Waals surface area contributed by atoms with Gasteiger partial charge in [0.1, 0.15) is 0 Å². The van der Waals surface area contributed by atoms with E-state index in [1.54, 1.807) is 12.1 Å². The van der Waals surface area contributed by atoms with E-state index >= 15 is 0 Å². The summed E-state index contributed by atoms with van der Waals surface area (Å²) >= 11 is 8.86. The average Bonchev–Trinajstić information content (AvgIpc) is 2.51. The van der Waals surface area contributed by atoms with Gasteiger partial charge in [-0.2, -0.15) is 0 Å². The van der Waals surface area contributed by atoms with Gasteiger partial charge in [-0.1, -0.05) is 0 Å². The highest BCUT2D eigenvalue weighted by Crippen LogP contribution is 2.35. The zero-order valence-electron chi connectivity index (χ0n) is 8.46. The minimum Gasteiger partial charge on any atom is -0.490 e. The minimum absolute atomic E-state index is 0.0434. The van der Waals surface area contributed by atoms with Gasteiger partial charge in [0.2, 0.25) is 0 Å². The Morgan fingerprint density at radius 3 is 2.56 bits per heavy atom. The first-order valence-electron chi connectivity index (χ1n) is 4.90. The van der Waals surface area contributed by atoms with Crippen molar-refractivity contribution in [3.05, 3.63) is 22.2 Å². The van der Waals surface area contributed by atoms with Crippen molar-refractivity contribution in [1.29, 1.82) is 0 Å². The van der Waals surface area contributed by atoms with Crippen LogP contribution in [0.5, 0.6) is 11.5 Å². The molecule has 1 aliphatic rings. The molecule has 1 aliphatic heterocycles. The number of hydrogen-bond acceptors (Lipinski definition) is 3. The maximum absolute atomic E-state index is 11.5. The Hall–Kier alpha value is -0.740. The van der Waals surface area contributed by atoms with Gasteiger partial charge < -0.3 is 9.47 Å². The van der Waals surface area contributed by atoms with Crippen LogP contribution in [-0.2, 0) is 0 Å². The summed E-state index contributed by atoms with van der Waals surface area (Å²) in [6, 6.07) is 3.43. The lowest BCUT2D eigenvalue weighted by molar-refractivity contribution is 0.102. The second-order valence-corrected chi connectivity index (χ2v) is 4.51. The highest BCUT2D eigenvalue weighted by atomic mass is 79.9. The van der Waals surface area contributed by atoms with Gasteiger partial charge in [0.15, 0.2) is 17.3 Å². The SMILES string of the molecule is O=C(CCl)c1cc2c(cc1Br)OCCCO2.